The van der Waals surface area contributed by atoms with Gasteiger partial charge in [-0.25, -0.2) is 9.36 Å². The van der Waals surface area contributed by atoms with E-state index in [0.29, 0.717) is 24.6 Å². The number of hydrogen-bond donors (Lipinski definition) is 8. The van der Waals surface area contributed by atoms with E-state index in [-0.39, 0.29) is 39.5 Å². The molecule has 62 heavy (non-hydrogen) atoms. The summed E-state index contributed by atoms with van der Waals surface area (Å²) < 4.78 is 38.0. The Labute approximate surface area is 367 Å². The van der Waals surface area contributed by atoms with Gasteiger partial charge in [-0.15, -0.1) is 44.2 Å². The molecule has 1 aliphatic carbocycles. The molecule has 8 rings (SSSR count). The fourth-order valence-electron chi connectivity index (χ4n) is 7.85. The highest BCUT2D eigenvalue weighted by Gasteiger charge is 2.46. The SMILES string of the molecule is OC[C@H]1O[C@H](OCCn2cc(COCC3(COCc4cn(CCO[C@H]5O[C@H](CO)[C@@H](O)[C@H](O)[C@@H]5O)nn4)Cc4c(-c5cccs5)sc(-c5cccs5)c4C3)nn2)[C@@H](O)[C@@H](O)[C@@H]1O. The molecule has 3 aliphatic rings. The van der Waals surface area contributed by atoms with Crippen molar-refractivity contribution in [3.63, 3.8) is 0 Å². The van der Waals surface area contributed by atoms with Crippen LogP contribution in [-0.4, -0.2) is 172 Å². The largest absolute Gasteiger partial charge is 0.394 e. The predicted molar refractivity (Wildman–Crippen MR) is 220 cm³/mol. The molecule has 2 fully saturated rings. The summed E-state index contributed by atoms with van der Waals surface area (Å²) in [6.07, 6.45) is -8.73. The average molecular weight is 923 g/mol. The minimum absolute atomic E-state index is 0.0395. The van der Waals surface area contributed by atoms with Crippen LogP contribution in [0.25, 0.3) is 19.5 Å². The van der Waals surface area contributed by atoms with E-state index in [2.05, 4.69) is 55.6 Å². The van der Waals surface area contributed by atoms with E-state index >= 15 is 0 Å². The summed E-state index contributed by atoms with van der Waals surface area (Å²) in [7, 11) is 0. The fourth-order valence-corrected chi connectivity index (χ4v) is 11.0. The molecule has 2 aliphatic heterocycles. The van der Waals surface area contributed by atoms with Gasteiger partial charge in [0.25, 0.3) is 0 Å². The molecule has 2 saturated heterocycles. The molecule has 0 aromatic carbocycles. The molecule has 338 valence electrons. The van der Waals surface area contributed by atoms with Crippen LogP contribution in [0.5, 0.6) is 0 Å². The first-order valence-corrected chi connectivity index (χ1v) is 22.6. The van der Waals surface area contributed by atoms with Gasteiger partial charge in [0.2, 0.25) is 0 Å². The standard InChI is InChI=1S/C39H50N6O14S3/c46-15-25-29(48)31(50)33(52)37(58-25)56-7-5-44-13-21(40-42-44)17-54-19-39(11-23-24(12-39)36(28-4-2-10-61-28)62-35(23)27-3-1-9-60-27)20-55-18-22-14-45(43-41-22)6-8-57-38-34(53)32(51)30(49)26(16-47)59-38/h1-4,9-10,13-14,25-26,29-34,37-38,46-53H,5-8,11-12,15-20H2/t25-,26-,29-,30-,31+,32+,33+,34+,37+,38+/m1/s1. The Balaban J connectivity index is 0.892. The third kappa shape index (κ3) is 10.0. The molecule has 20 nitrogen and oxygen atoms in total. The molecule has 0 unspecified atom stereocenters. The zero-order valence-corrected chi connectivity index (χ0v) is 35.8. The van der Waals surface area contributed by atoms with E-state index in [1.807, 2.05) is 11.3 Å². The number of thiophene rings is 3. The van der Waals surface area contributed by atoms with E-state index in [4.69, 9.17) is 28.4 Å². The number of aliphatic hydroxyl groups is 8. The van der Waals surface area contributed by atoms with Crippen LogP contribution in [0, 0.1) is 5.41 Å². The number of hydrogen-bond acceptors (Lipinski definition) is 21. The van der Waals surface area contributed by atoms with Crippen LogP contribution >= 0.6 is 34.0 Å². The minimum atomic E-state index is -1.53. The second-order valence-corrected chi connectivity index (χ2v) is 18.5. The quantitative estimate of drug-likeness (QED) is 0.0491. The van der Waals surface area contributed by atoms with Crippen molar-refractivity contribution in [2.75, 3.05) is 39.6 Å². The van der Waals surface area contributed by atoms with E-state index < -0.39 is 80.0 Å². The smallest absolute Gasteiger partial charge is 0.186 e. The molecule has 0 spiro atoms. The van der Waals surface area contributed by atoms with Crippen LogP contribution in [0.3, 0.4) is 0 Å². The van der Waals surface area contributed by atoms with E-state index in [1.54, 1.807) is 44.4 Å². The Morgan fingerprint density at radius 2 is 1.10 bits per heavy atom. The van der Waals surface area contributed by atoms with Gasteiger partial charge in [0, 0.05) is 24.9 Å². The average Bonchev–Trinajstić information content (AvgIpc) is 4.14. The van der Waals surface area contributed by atoms with Crippen LogP contribution in [-0.2, 0) is 67.6 Å². The minimum Gasteiger partial charge on any atom is -0.394 e. The number of aromatic nitrogens is 6. The van der Waals surface area contributed by atoms with Gasteiger partial charge in [-0.2, -0.15) is 0 Å². The lowest BCUT2D eigenvalue weighted by Crippen LogP contribution is -2.59. The van der Waals surface area contributed by atoms with Crippen molar-refractivity contribution in [3.8, 4) is 19.5 Å². The van der Waals surface area contributed by atoms with Gasteiger partial charge in [-0.1, -0.05) is 22.6 Å². The van der Waals surface area contributed by atoms with Gasteiger partial charge < -0.3 is 69.3 Å². The predicted octanol–water partition coefficient (Wildman–Crippen LogP) is -0.460. The van der Waals surface area contributed by atoms with Crippen molar-refractivity contribution in [2.45, 2.75) is 101 Å². The van der Waals surface area contributed by atoms with Gasteiger partial charge in [0.1, 0.15) is 60.2 Å². The summed E-state index contributed by atoms with van der Waals surface area (Å²) in [4.78, 5) is 4.93. The van der Waals surface area contributed by atoms with Crippen LogP contribution in [0.15, 0.2) is 47.4 Å². The van der Waals surface area contributed by atoms with Gasteiger partial charge in [-0.05, 0) is 46.9 Å². The highest BCUT2D eigenvalue weighted by Crippen LogP contribution is 2.53. The van der Waals surface area contributed by atoms with E-state index in [0.717, 1.165) is 12.8 Å². The summed E-state index contributed by atoms with van der Waals surface area (Å²) in [5.74, 6) is 0. The summed E-state index contributed by atoms with van der Waals surface area (Å²) in [5, 5.41) is 101. The molecule has 23 heteroatoms. The maximum Gasteiger partial charge on any atom is 0.186 e. The van der Waals surface area contributed by atoms with Gasteiger partial charge in [0.05, 0.1) is 78.3 Å². The van der Waals surface area contributed by atoms with Crippen molar-refractivity contribution in [3.05, 3.63) is 69.9 Å². The molecule has 10 atom stereocenters. The van der Waals surface area contributed by atoms with Crippen LogP contribution in [0.4, 0.5) is 0 Å². The lowest BCUT2D eigenvalue weighted by atomic mass is 9.86. The summed E-state index contributed by atoms with van der Waals surface area (Å²) in [6, 6.07) is 8.43. The molecular weight excluding hydrogens is 873 g/mol. The second kappa shape index (κ2) is 20.3. The molecular formula is C39H50N6O14S3. The zero-order valence-electron chi connectivity index (χ0n) is 33.3. The first-order chi connectivity index (χ1) is 30.1. The molecule has 0 radical (unpaired) electrons. The lowest BCUT2D eigenvalue weighted by Gasteiger charge is -2.39. The Hall–Kier alpha value is -3.18. The van der Waals surface area contributed by atoms with Crippen molar-refractivity contribution < 1.29 is 69.3 Å². The molecule has 0 bridgehead atoms. The Bertz CT molecular complexity index is 2000. The van der Waals surface area contributed by atoms with Crippen molar-refractivity contribution in [2.24, 2.45) is 5.41 Å². The Kier molecular flexibility index (Phi) is 14.9. The van der Waals surface area contributed by atoms with Crippen LogP contribution in [0.2, 0.25) is 0 Å². The maximum atomic E-state index is 10.3. The fraction of sp³-hybridized carbons (Fsp3) is 0.590. The Morgan fingerprint density at radius 1 is 0.645 bits per heavy atom. The second-order valence-electron chi connectivity index (χ2n) is 15.6. The first kappa shape index (κ1) is 45.4. The summed E-state index contributed by atoms with van der Waals surface area (Å²) in [5.41, 5.74) is 3.34. The maximum absolute atomic E-state index is 10.3. The van der Waals surface area contributed by atoms with Crippen molar-refractivity contribution in [1.29, 1.82) is 0 Å². The number of nitrogens with zero attached hydrogens (tertiary/aromatic N) is 6. The monoisotopic (exact) mass is 922 g/mol. The van der Waals surface area contributed by atoms with E-state index in [1.165, 1.54) is 30.6 Å². The third-order valence-electron chi connectivity index (χ3n) is 11.1. The molecule has 0 amide bonds. The number of ether oxygens (including phenoxy) is 6. The van der Waals surface area contributed by atoms with Crippen molar-refractivity contribution >= 4 is 34.0 Å². The number of rotatable bonds is 20. The highest BCUT2D eigenvalue weighted by atomic mass is 32.1. The normalized spacial score (nSPS) is 28.5. The van der Waals surface area contributed by atoms with Crippen LogP contribution in [0.1, 0.15) is 22.5 Å². The first-order valence-electron chi connectivity index (χ1n) is 20.1. The summed E-state index contributed by atoms with van der Waals surface area (Å²) in [6.45, 7) is 0.532. The zero-order chi connectivity index (χ0) is 43.4. The van der Waals surface area contributed by atoms with Gasteiger partial charge in [-0.3, -0.25) is 0 Å². The third-order valence-corrected chi connectivity index (χ3v) is 14.5. The molecule has 0 saturated carbocycles. The number of aliphatic hydroxyl groups excluding tert-OH is 8. The van der Waals surface area contributed by atoms with Gasteiger partial charge in [0.15, 0.2) is 12.6 Å². The Morgan fingerprint density at radius 3 is 1.50 bits per heavy atom. The molecule has 5 aromatic heterocycles. The molecule has 5 aromatic rings. The molecule has 8 N–H and O–H groups in total. The highest BCUT2D eigenvalue weighted by molar-refractivity contribution is 7.26. The molecule has 7 heterocycles. The lowest BCUT2D eigenvalue weighted by molar-refractivity contribution is -0.301. The van der Waals surface area contributed by atoms with Crippen molar-refractivity contribution in [1.82, 2.24) is 30.0 Å². The topological polar surface area (TPSA) is 279 Å². The number of fused-ring (bicyclic) bond motifs is 1. The summed E-state index contributed by atoms with van der Waals surface area (Å²) >= 11 is 5.25. The van der Waals surface area contributed by atoms with Crippen LogP contribution < -0.4 is 0 Å². The van der Waals surface area contributed by atoms with E-state index in [9.17, 15) is 40.9 Å². The van der Waals surface area contributed by atoms with Gasteiger partial charge >= 0.3 is 0 Å².